The molecule has 0 spiro atoms. The third-order valence-electron chi connectivity index (χ3n) is 2.57. The molecule has 3 nitrogen and oxygen atoms in total. The Hall–Kier alpha value is -1.75. The molecule has 2 aromatic rings. The maximum atomic E-state index is 13.2. The van der Waals surface area contributed by atoms with Crippen molar-refractivity contribution in [3.05, 3.63) is 40.2 Å². The lowest BCUT2D eigenvalue weighted by Gasteiger charge is -1.99. The van der Waals surface area contributed by atoms with Crippen LogP contribution >= 0.6 is 11.3 Å². The van der Waals surface area contributed by atoms with Crippen molar-refractivity contribution in [1.82, 2.24) is 4.98 Å². The minimum absolute atomic E-state index is 0.250. The molecular weight excluding hydrogens is 253 g/mol. The zero-order valence-corrected chi connectivity index (χ0v) is 11.1. The summed E-state index contributed by atoms with van der Waals surface area (Å²) in [5.74, 6) is -0.643. The zero-order valence-electron chi connectivity index (χ0n) is 10.3. The average Bonchev–Trinajstić information content (AvgIpc) is 2.74. The molecule has 1 aromatic carbocycles. The summed E-state index contributed by atoms with van der Waals surface area (Å²) in [6.45, 7) is 3.45. The monoisotopic (exact) mass is 265 g/mol. The number of aryl methyl sites for hydroxylation is 2. The molecule has 94 valence electrons. The third kappa shape index (κ3) is 2.26. The van der Waals surface area contributed by atoms with Crippen LogP contribution in [0.3, 0.4) is 0 Å². The Kier molecular flexibility index (Phi) is 3.43. The van der Waals surface area contributed by atoms with E-state index in [-0.39, 0.29) is 5.82 Å². The van der Waals surface area contributed by atoms with E-state index in [2.05, 4.69) is 9.72 Å². The predicted octanol–water partition coefficient (Wildman–Crippen LogP) is 3.35. The van der Waals surface area contributed by atoms with Gasteiger partial charge < -0.3 is 4.74 Å². The largest absolute Gasteiger partial charge is 0.465 e. The molecule has 0 aliphatic rings. The second-order valence-electron chi connectivity index (χ2n) is 3.89. The van der Waals surface area contributed by atoms with Crippen LogP contribution in [0.5, 0.6) is 0 Å². The van der Waals surface area contributed by atoms with Gasteiger partial charge in [0, 0.05) is 5.56 Å². The van der Waals surface area contributed by atoms with Gasteiger partial charge in [-0.25, -0.2) is 14.2 Å². The Labute approximate surface area is 108 Å². The van der Waals surface area contributed by atoms with E-state index in [0.29, 0.717) is 21.1 Å². The second kappa shape index (κ2) is 4.86. The number of aromatic nitrogens is 1. The highest BCUT2D eigenvalue weighted by atomic mass is 32.1. The molecule has 0 fully saturated rings. The maximum absolute atomic E-state index is 13.2. The molecule has 0 saturated heterocycles. The molecule has 5 heteroatoms. The van der Waals surface area contributed by atoms with Crippen molar-refractivity contribution < 1.29 is 13.9 Å². The first kappa shape index (κ1) is 12.7. The van der Waals surface area contributed by atoms with E-state index in [1.54, 1.807) is 26.0 Å². The van der Waals surface area contributed by atoms with Gasteiger partial charge in [-0.1, -0.05) is 0 Å². The fraction of sp³-hybridized carbons (Fsp3) is 0.231. The first-order valence-electron chi connectivity index (χ1n) is 5.35. The van der Waals surface area contributed by atoms with Crippen LogP contribution in [0.4, 0.5) is 4.39 Å². The van der Waals surface area contributed by atoms with Gasteiger partial charge in [-0.15, -0.1) is 11.3 Å². The zero-order chi connectivity index (χ0) is 13.3. The molecule has 0 atom stereocenters. The number of benzene rings is 1. The number of rotatable bonds is 2. The van der Waals surface area contributed by atoms with Gasteiger partial charge >= 0.3 is 5.97 Å². The number of carbonyl (C=O) groups excluding carboxylic acids is 1. The molecule has 1 aromatic heterocycles. The lowest BCUT2D eigenvalue weighted by Crippen LogP contribution is -1.99. The Morgan fingerprint density at radius 2 is 2.11 bits per heavy atom. The Morgan fingerprint density at radius 1 is 1.39 bits per heavy atom. The van der Waals surface area contributed by atoms with Crippen LogP contribution in [0, 0.1) is 19.7 Å². The van der Waals surface area contributed by atoms with E-state index in [4.69, 9.17) is 0 Å². The number of nitrogens with zero attached hydrogens (tertiary/aromatic N) is 1. The van der Waals surface area contributed by atoms with Gasteiger partial charge in [0.2, 0.25) is 0 Å². The highest BCUT2D eigenvalue weighted by molar-refractivity contribution is 7.17. The van der Waals surface area contributed by atoms with Gasteiger partial charge in [0.05, 0.1) is 12.8 Å². The van der Waals surface area contributed by atoms with Crippen LogP contribution < -0.4 is 0 Å². The summed E-state index contributed by atoms with van der Waals surface area (Å²) in [6.07, 6.45) is 0. The van der Waals surface area contributed by atoms with Crippen molar-refractivity contribution in [2.75, 3.05) is 7.11 Å². The fourth-order valence-corrected chi connectivity index (χ4v) is 2.56. The van der Waals surface area contributed by atoms with E-state index in [9.17, 15) is 9.18 Å². The Morgan fingerprint density at radius 3 is 2.72 bits per heavy atom. The summed E-state index contributed by atoms with van der Waals surface area (Å²) in [5.41, 5.74) is 1.99. The first-order chi connectivity index (χ1) is 8.52. The van der Waals surface area contributed by atoms with Gasteiger partial charge in [0.1, 0.15) is 15.7 Å². The van der Waals surface area contributed by atoms with Crippen LogP contribution in [0.2, 0.25) is 0 Å². The molecule has 18 heavy (non-hydrogen) atoms. The number of carbonyl (C=O) groups is 1. The summed E-state index contributed by atoms with van der Waals surface area (Å²) >= 11 is 1.25. The lowest BCUT2D eigenvalue weighted by molar-refractivity contribution is 0.0605. The molecule has 0 bridgehead atoms. The number of hydrogen-bond donors (Lipinski definition) is 0. The van der Waals surface area contributed by atoms with Crippen molar-refractivity contribution in [2.45, 2.75) is 13.8 Å². The number of esters is 1. The van der Waals surface area contributed by atoms with Gasteiger partial charge in [-0.05, 0) is 37.6 Å². The van der Waals surface area contributed by atoms with Gasteiger partial charge in [0.15, 0.2) is 0 Å². The summed E-state index contributed by atoms with van der Waals surface area (Å²) in [4.78, 5) is 16.3. The van der Waals surface area contributed by atoms with Gasteiger partial charge in [-0.2, -0.15) is 0 Å². The van der Waals surface area contributed by atoms with Crippen LogP contribution in [0.25, 0.3) is 10.6 Å². The first-order valence-corrected chi connectivity index (χ1v) is 6.17. The van der Waals surface area contributed by atoms with E-state index < -0.39 is 5.97 Å². The smallest absolute Gasteiger partial charge is 0.349 e. The van der Waals surface area contributed by atoms with Crippen LogP contribution in [-0.2, 0) is 4.74 Å². The van der Waals surface area contributed by atoms with E-state index in [1.807, 2.05) is 0 Å². The summed E-state index contributed by atoms with van der Waals surface area (Å²) in [7, 11) is 1.34. The average molecular weight is 265 g/mol. The van der Waals surface area contributed by atoms with Gasteiger partial charge in [0.25, 0.3) is 0 Å². The molecule has 0 N–H and O–H groups in total. The van der Waals surface area contributed by atoms with Gasteiger partial charge in [-0.3, -0.25) is 0 Å². The van der Waals surface area contributed by atoms with Crippen molar-refractivity contribution in [2.24, 2.45) is 0 Å². The SMILES string of the molecule is COC(=O)c1sc(-c2ccc(F)c(C)c2)nc1C. The number of methoxy groups -OCH3 is 1. The quantitative estimate of drug-likeness (QED) is 0.782. The van der Waals surface area contributed by atoms with Crippen molar-refractivity contribution >= 4 is 17.3 Å². The van der Waals surface area contributed by atoms with E-state index in [1.165, 1.54) is 24.5 Å². The summed E-state index contributed by atoms with van der Waals surface area (Å²) in [5, 5.41) is 0.691. The highest BCUT2D eigenvalue weighted by Gasteiger charge is 2.16. The Balaban J connectivity index is 2.45. The van der Waals surface area contributed by atoms with Crippen molar-refractivity contribution in [1.29, 1.82) is 0 Å². The minimum atomic E-state index is -0.393. The fourth-order valence-electron chi connectivity index (χ4n) is 1.58. The predicted molar refractivity (Wildman–Crippen MR) is 68.3 cm³/mol. The van der Waals surface area contributed by atoms with Crippen molar-refractivity contribution in [3.63, 3.8) is 0 Å². The number of thiazole rings is 1. The van der Waals surface area contributed by atoms with E-state index >= 15 is 0 Å². The molecule has 0 aliphatic heterocycles. The highest BCUT2D eigenvalue weighted by Crippen LogP contribution is 2.29. The number of hydrogen-bond acceptors (Lipinski definition) is 4. The van der Waals surface area contributed by atoms with Crippen LogP contribution in [-0.4, -0.2) is 18.1 Å². The second-order valence-corrected chi connectivity index (χ2v) is 4.89. The molecule has 0 radical (unpaired) electrons. The standard InChI is InChI=1S/C13H12FNO2S/c1-7-6-9(4-5-10(7)14)12-15-8(2)11(18-12)13(16)17-3/h4-6H,1-3H3. The molecule has 0 aliphatic carbocycles. The van der Waals surface area contributed by atoms with Crippen LogP contribution in [0.15, 0.2) is 18.2 Å². The molecule has 1 heterocycles. The van der Waals surface area contributed by atoms with Crippen LogP contribution in [0.1, 0.15) is 20.9 Å². The lowest BCUT2D eigenvalue weighted by atomic mass is 10.1. The maximum Gasteiger partial charge on any atom is 0.349 e. The molecular formula is C13H12FNO2S. The number of ether oxygens (including phenoxy) is 1. The molecule has 0 unspecified atom stereocenters. The number of halogens is 1. The summed E-state index contributed by atoms with van der Waals surface area (Å²) < 4.78 is 17.9. The third-order valence-corrected chi connectivity index (χ3v) is 3.76. The van der Waals surface area contributed by atoms with E-state index in [0.717, 1.165) is 5.56 Å². The molecule has 2 rings (SSSR count). The minimum Gasteiger partial charge on any atom is -0.465 e. The Bertz CT molecular complexity index is 607. The van der Waals surface area contributed by atoms with Crippen molar-refractivity contribution in [3.8, 4) is 10.6 Å². The molecule has 0 saturated carbocycles. The topological polar surface area (TPSA) is 39.2 Å². The normalized spacial score (nSPS) is 10.4. The molecule has 0 amide bonds. The summed E-state index contributed by atoms with van der Waals surface area (Å²) in [6, 6.07) is 4.77.